The summed E-state index contributed by atoms with van der Waals surface area (Å²) in [4.78, 5) is 14.8. The lowest BCUT2D eigenvalue weighted by Gasteiger charge is -2.27. The molecule has 0 aromatic heterocycles. The number of rotatable bonds is 8. The standard InChI is InChI=1S/C20H30N2O4/c1-15-7-8-19(24-2)18(11-15)21-20(23)14-22(12-16-5-3-9-25-16)13-17-6-4-10-26-17/h7-8,11,16-17H,3-6,9-10,12-14H2,1-2H3,(H,21,23)/t16-,17+. The molecule has 1 amide bonds. The molecule has 1 aromatic rings. The first-order valence-corrected chi connectivity index (χ1v) is 9.54. The molecule has 2 aliphatic heterocycles. The third-order valence-corrected chi connectivity index (χ3v) is 4.97. The summed E-state index contributed by atoms with van der Waals surface area (Å²) in [5.74, 6) is 0.638. The molecule has 2 aliphatic rings. The van der Waals surface area contributed by atoms with E-state index in [0.717, 1.165) is 57.6 Å². The van der Waals surface area contributed by atoms with Crippen molar-refractivity contribution >= 4 is 11.6 Å². The summed E-state index contributed by atoms with van der Waals surface area (Å²) in [5.41, 5.74) is 1.79. The molecule has 3 rings (SSSR count). The largest absolute Gasteiger partial charge is 0.495 e. The highest BCUT2D eigenvalue weighted by Gasteiger charge is 2.25. The Morgan fingerprint density at radius 1 is 1.19 bits per heavy atom. The van der Waals surface area contributed by atoms with Gasteiger partial charge in [0.15, 0.2) is 0 Å². The second-order valence-electron chi connectivity index (χ2n) is 7.22. The zero-order chi connectivity index (χ0) is 18.4. The average molecular weight is 362 g/mol. The van der Waals surface area contributed by atoms with E-state index in [1.807, 2.05) is 25.1 Å². The molecule has 0 aliphatic carbocycles. The van der Waals surface area contributed by atoms with Crippen molar-refractivity contribution in [2.45, 2.75) is 44.8 Å². The molecular formula is C20H30N2O4. The lowest BCUT2D eigenvalue weighted by molar-refractivity contribution is -0.118. The van der Waals surface area contributed by atoms with E-state index in [4.69, 9.17) is 14.2 Å². The van der Waals surface area contributed by atoms with Gasteiger partial charge in [-0.15, -0.1) is 0 Å². The number of amides is 1. The quantitative estimate of drug-likeness (QED) is 0.770. The van der Waals surface area contributed by atoms with Crippen LogP contribution in [0.3, 0.4) is 0 Å². The third kappa shape index (κ3) is 5.43. The van der Waals surface area contributed by atoms with Gasteiger partial charge in [0.1, 0.15) is 5.75 Å². The zero-order valence-electron chi connectivity index (χ0n) is 15.8. The van der Waals surface area contributed by atoms with Crippen LogP contribution in [-0.2, 0) is 14.3 Å². The highest BCUT2D eigenvalue weighted by Crippen LogP contribution is 2.25. The minimum Gasteiger partial charge on any atom is -0.495 e. The Kier molecular flexibility index (Phi) is 6.88. The summed E-state index contributed by atoms with van der Waals surface area (Å²) in [7, 11) is 1.61. The number of nitrogens with one attached hydrogen (secondary N) is 1. The van der Waals surface area contributed by atoms with E-state index >= 15 is 0 Å². The molecule has 0 saturated carbocycles. The van der Waals surface area contributed by atoms with Gasteiger partial charge in [-0.3, -0.25) is 9.69 Å². The summed E-state index contributed by atoms with van der Waals surface area (Å²) >= 11 is 0. The van der Waals surface area contributed by atoms with E-state index in [-0.39, 0.29) is 18.1 Å². The monoisotopic (exact) mass is 362 g/mol. The van der Waals surface area contributed by atoms with Gasteiger partial charge in [-0.1, -0.05) is 6.07 Å². The van der Waals surface area contributed by atoms with E-state index < -0.39 is 0 Å². The van der Waals surface area contributed by atoms with E-state index in [1.165, 1.54) is 0 Å². The molecule has 2 heterocycles. The Hall–Kier alpha value is -1.63. The van der Waals surface area contributed by atoms with Gasteiger partial charge in [-0.05, 0) is 50.3 Å². The maximum Gasteiger partial charge on any atom is 0.238 e. The number of carbonyl (C=O) groups is 1. The highest BCUT2D eigenvalue weighted by atomic mass is 16.5. The van der Waals surface area contributed by atoms with Crippen molar-refractivity contribution in [2.75, 3.05) is 45.3 Å². The molecule has 2 saturated heterocycles. The van der Waals surface area contributed by atoms with E-state index in [2.05, 4.69) is 10.2 Å². The zero-order valence-corrected chi connectivity index (χ0v) is 15.8. The predicted octanol–water partition coefficient (Wildman–Crippen LogP) is 2.60. The molecule has 6 heteroatoms. The number of aryl methyl sites for hydroxylation is 1. The molecule has 0 bridgehead atoms. The second-order valence-corrected chi connectivity index (χ2v) is 7.22. The van der Waals surface area contributed by atoms with Gasteiger partial charge in [-0.25, -0.2) is 0 Å². The summed E-state index contributed by atoms with van der Waals surface area (Å²) in [6.45, 7) is 5.53. The van der Waals surface area contributed by atoms with Crippen molar-refractivity contribution in [3.8, 4) is 5.75 Å². The Morgan fingerprint density at radius 2 is 1.85 bits per heavy atom. The van der Waals surface area contributed by atoms with Crippen LogP contribution < -0.4 is 10.1 Å². The van der Waals surface area contributed by atoms with Crippen molar-refractivity contribution < 1.29 is 19.0 Å². The van der Waals surface area contributed by atoms with Gasteiger partial charge in [0, 0.05) is 26.3 Å². The summed E-state index contributed by atoms with van der Waals surface area (Å²) in [6, 6.07) is 5.78. The minimum absolute atomic E-state index is 0.0371. The van der Waals surface area contributed by atoms with E-state index in [9.17, 15) is 4.79 Å². The number of ether oxygens (including phenoxy) is 3. The van der Waals surface area contributed by atoms with Crippen molar-refractivity contribution in [2.24, 2.45) is 0 Å². The van der Waals surface area contributed by atoms with Crippen LogP contribution in [-0.4, -0.2) is 63.0 Å². The molecule has 1 N–H and O–H groups in total. The Balaban J connectivity index is 1.60. The number of hydrogen-bond donors (Lipinski definition) is 1. The van der Waals surface area contributed by atoms with Gasteiger partial charge in [0.2, 0.25) is 5.91 Å². The molecule has 144 valence electrons. The normalized spacial score (nSPS) is 22.7. The molecule has 2 atom stereocenters. The maximum absolute atomic E-state index is 12.7. The highest BCUT2D eigenvalue weighted by molar-refractivity contribution is 5.93. The number of nitrogens with zero attached hydrogens (tertiary/aromatic N) is 1. The van der Waals surface area contributed by atoms with E-state index in [1.54, 1.807) is 7.11 Å². The predicted molar refractivity (Wildman–Crippen MR) is 101 cm³/mol. The smallest absolute Gasteiger partial charge is 0.238 e. The Bertz CT molecular complexity index is 577. The Labute approximate surface area is 155 Å². The van der Waals surface area contributed by atoms with Crippen LogP contribution in [0.4, 0.5) is 5.69 Å². The van der Waals surface area contributed by atoms with Gasteiger partial charge in [0.25, 0.3) is 0 Å². The Morgan fingerprint density at radius 3 is 2.38 bits per heavy atom. The fourth-order valence-electron chi connectivity index (χ4n) is 3.67. The fraction of sp³-hybridized carbons (Fsp3) is 0.650. The SMILES string of the molecule is COc1ccc(C)cc1NC(=O)CN(C[C@H]1CCCO1)C[C@@H]1CCCO1. The van der Waals surface area contributed by atoms with Crippen LogP contribution in [0.1, 0.15) is 31.2 Å². The van der Waals surface area contributed by atoms with Gasteiger partial charge < -0.3 is 19.5 Å². The summed E-state index contributed by atoms with van der Waals surface area (Å²) in [5, 5.41) is 3.00. The van der Waals surface area contributed by atoms with Crippen LogP contribution in [0.25, 0.3) is 0 Å². The molecule has 26 heavy (non-hydrogen) atoms. The van der Waals surface area contributed by atoms with Crippen molar-refractivity contribution in [3.63, 3.8) is 0 Å². The van der Waals surface area contributed by atoms with Gasteiger partial charge in [-0.2, -0.15) is 0 Å². The molecular weight excluding hydrogens is 332 g/mol. The van der Waals surface area contributed by atoms with Crippen LogP contribution >= 0.6 is 0 Å². The van der Waals surface area contributed by atoms with Crippen LogP contribution in [0, 0.1) is 6.92 Å². The molecule has 0 unspecified atom stereocenters. The first-order chi connectivity index (χ1) is 12.6. The van der Waals surface area contributed by atoms with Crippen molar-refractivity contribution in [3.05, 3.63) is 23.8 Å². The molecule has 6 nitrogen and oxygen atoms in total. The van der Waals surface area contributed by atoms with Crippen molar-refractivity contribution in [1.29, 1.82) is 0 Å². The van der Waals surface area contributed by atoms with Crippen LogP contribution in [0.2, 0.25) is 0 Å². The molecule has 2 fully saturated rings. The topological polar surface area (TPSA) is 60.0 Å². The lowest BCUT2D eigenvalue weighted by atomic mass is 10.2. The fourth-order valence-corrected chi connectivity index (χ4v) is 3.67. The minimum atomic E-state index is -0.0371. The first-order valence-electron chi connectivity index (χ1n) is 9.54. The number of methoxy groups -OCH3 is 1. The number of anilines is 1. The lowest BCUT2D eigenvalue weighted by Crippen LogP contribution is -2.42. The number of carbonyl (C=O) groups excluding carboxylic acids is 1. The second kappa shape index (κ2) is 9.35. The average Bonchev–Trinajstić information content (AvgIpc) is 3.29. The van der Waals surface area contributed by atoms with Crippen LogP contribution in [0.5, 0.6) is 5.75 Å². The maximum atomic E-state index is 12.7. The molecule has 1 aromatic carbocycles. The summed E-state index contributed by atoms with van der Waals surface area (Å²) in [6.07, 6.45) is 4.77. The van der Waals surface area contributed by atoms with E-state index in [0.29, 0.717) is 18.0 Å². The molecule has 0 spiro atoms. The van der Waals surface area contributed by atoms with Crippen molar-refractivity contribution in [1.82, 2.24) is 4.90 Å². The van der Waals surface area contributed by atoms with Gasteiger partial charge >= 0.3 is 0 Å². The number of benzene rings is 1. The third-order valence-electron chi connectivity index (χ3n) is 4.97. The number of hydrogen-bond acceptors (Lipinski definition) is 5. The molecule has 0 radical (unpaired) electrons. The summed E-state index contributed by atoms with van der Waals surface area (Å²) < 4.78 is 16.9. The first kappa shape index (κ1) is 19.1. The van der Waals surface area contributed by atoms with Crippen LogP contribution in [0.15, 0.2) is 18.2 Å². The van der Waals surface area contributed by atoms with Gasteiger partial charge in [0.05, 0.1) is 31.5 Å².